The predicted octanol–water partition coefficient (Wildman–Crippen LogP) is 2.64. The number of rotatable bonds is 7. The van der Waals surface area contributed by atoms with Gasteiger partial charge in [-0.1, -0.05) is 12.1 Å². The summed E-state index contributed by atoms with van der Waals surface area (Å²) in [5.74, 6) is 0.234. The first-order valence-corrected chi connectivity index (χ1v) is 12.0. The molecular weight excluding hydrogens is 430 g/mol. The molecule has 2 aromatic carbocycles. The fraction of sp³-hybridized carbons (Fsp3) is 0.391. The van der Waals surface area contributed by atoms with E-state index in [2.05, 4.69) is 5.32 Å². The topological polar surface area (TPSA) is 96.0 Å². The number of benzene rings is 2. The van der Waals surface area contributed by atoms with Crippen molar-refractivity contribution in [1.82, 2.24) is 4.31 Å². The zero-order valence-electron chi connectivity index (χ0n) is 18.4. The second kappa shape index (κ2) is 8.55. The van der Waals surface area contributed by atoms with Gasteiger partial charge < -0.3 is 15.0 Å². The number of nitrogens with zero attached hydrogens (tertiary/aromatic N) is 2. The number of likely N-dealkylation sites (N-methyl/N-ethyl adjacent to an activating group) is 1. The van der Waals surface area contributed by atoms with Crippen molar-refractivity contribution in [2.24, 2.45) is 5.92 Å². The van der Waals surface area contributed by atoms with Gasteiger partial charge in [-0.2, -0.15) is 4.31 Å². The Labute approximate surface area is 188 Å². The number of hydrogen-bond acceptors (Lipinski definition) is 5. The van der Waals surface area contributed by atoms with Gasteiger partial charge in [0.25, 0.3) is 0 Å². The summed E-state index contributed by atoms with van der Waals surface area (Å²) < 4.78 is 32.4. The number of fused-ring (bicyclic) bond motifs is 1. The van der Waals surface area contributed by atoms with Crippen molar-refractivity contribution in [3.8, 4) is 5.75 Å². The quantitative estimate of drug-likeness (QED) is 0.690. The lowest BCUT2D eigenvalue weighted by Crippen LogP contribution is -2.36. The Hall–Kier alpha value is -2.91. The van der Waals surface area contributed by atoms with Crippen LogP contribution in [0.4, 0.5) is 11.4 Å². The minimum atomic E-state index is -3.88. The molecule has 1 saturated carbocycles. The molecular formula is C23H27N3O5S. The van der Waals surface area contributed by atoms with Crippen LogP contribution in [0.1, 0.15) is 25.3 Å². The highest BCUT2D eigenvalue weighted by molar-refractivity contribution is 7.89. The summed E-state index contributed by atoms with van der Waals surface area (Å²) in [6, 6.07) is 11.8. The monoisotopic (exact) mass is 457 g/mol. The third-order valence-corrected chi connectivity index (χ3v) is 7.69. The Kier molecular flexibility index (Phi) is 5.96. The molecule has 0 unspecified atom stereocenters. The first-order chi connectivity index (χ1) is 15.2. The second-order valence-corrected chi connectivity index (χ2v) is 10.4. The summed E-state index contributed by atoms with van der Waals surface area (Å²) >= 11 is 0. The van der Waals surface area contributed by atoms with Crippen LogP contribution in [0.25, 0.3) is 0 Å². The van der Waals surface area contributed by atoms with Gasteiger partial charge in [0, 0.05) is 24.7 Å². The molecule has 0 bridgehead atoms. The summed E-state index contributed by atoms with van der Waals surface area (Å²) in [5.41, 5.74) is 2.09. The number of carbonyl (C=O) groups excluding carboxylic acids is 2. The molecule has 0 saturated heterocycles. The van der Waals surface area contributed by atoms with E-state index in [1.54, 1.807) is 41.3 Å². The van der Waals surface area contributed by atoms with Gasteiger partial charge in [0.05, 0.1) is 24.2 Å². The van der Waals surface area contributed by atoms with Crippen molar-refractivity contribution in [1.29, 1.82) is 0 Å². The SMILES string of the molecule is COc1ccccc1NC(=O)CN(C)S(=O)(=O)c1ccc2c(c1)C[C@@H](C)N2C(=O)C1CC1. The van der Waals surface area contributed by atoms with E-state index in [0.717, 1.165) is 28.4 Å². The fourth-order valence-corrected chi connectivity index (χ4v) is 5.21. The normalized spacial score (nSPS) is 17.9. The molecule has 1 aliphatic carbocycles. The second-order valence-electron chi connectivity index (χ2n) is 8.34. The molecule has 1 aliphatic heterocycles. The molecule has 0 aromatic heterocycles. The zero-order valence-corrected chi connectivity index (χ0v) is 19.2. The minimum absolute atomic E-state index is 0.000384. The minimum Gasteiger partial charge on any atom is -0.495 e. The van der Waals surface area contributed by atoms with Crippen molar-refractivity contribution < 1.29 is 22.7 Å². The van der Waals surface area contributed by atoms with Gasteiger partial charge in [0.2, 0.25) is 21.8 Å². The molecule has 4 rings (SSSR count). The standard InChI is InChI=1S/C23H27N3O5S/c1-15-12-17-13-18(10-11-20(17)26(15)23(28)16-8-9-16)32(29,30)25(2)14-22(27)24-19-6-4-5-7-21(19)31-3/h4-7,10-11,13,15-16H,8-9,12,14H2,1-3H3,(H,24,27)/t15-/m1/s1. The number of methoxy groups -OCH3 is 1. The van der Waals surface area contributed by atoms with E-state index in [9.17, 15) is 18.0 Å². The highest BCUT2D eigenvalue weighted by Crippen LogP contribution is 2.39. The van der Waals surface area contributed by atoms with Crippen LogP contribution in [-0.4, -0.2) is 51.3 Å². The number of nitrogens with one attached hydrogen (secondary N) is 1. The van der Waals surface area contributed by atoms with Gasteiger partial charge in [-0.3, -0.25) is 9.59 Å². The van der Waals surface area contributed by atoms with Gasteiger partial charge in [0.1, 0.15) is 5.75 Å². The molecule has 32 heavy (non-hydrogen) atoms. The Morgan fingerprint density at radius 1 is 1.19 bits per heavy atom. The van der Waals surface area contributed by atoms with Crippen LogP contribution in [0.5, 0.6) is 5.75 Å². The number of carbonyl (C=O) groups is 2. The molecule has 170 valence electrons. The van der Waals surface area contributed by atoms with E-state index in [0.29, 0.717) is 17.9 Å². The maximum atomic E-state index is 13.1. The molecule has 8 nitrogen and oxygen atoms in total. The zero-order chi connectivity index (χ0) is 23.0. The van der Waals surface area contributed by atoms with Crippen molar-refractivity contribution in [3.63, 3.8) is 0 Å². The van der Waals surface area contributed by atoms with Crippen LogP contribution >= 0.6 is 0 Å². The van der Waals surface area contributed by atoms with Crippen molar-refractivity contribution in [2.45, 2.75) is 37.1 Å². The number of ether oxygens (including phenoxy) is 1. The highest BCUT2D eigenvalue weighted by atomic mass is 32.2. The first kappa shape index (κ1) is 22.3. The van der Waals surface area contributed by atoms with Crippen molar-refractivity contribution in [3.05, 3.63) is 48.0 Å². The Balaban J connectivity index is 1.49. The van der Waals surface area contributed by atoms with Gasteiger partial charge in [-0.25, -0.2) is 8.42 Å². The van der Waals surface area contributed by atoms with E-state index in [-0.39, 0.29) is 29.3 Å². The van der Waals surface area contributed by atoms with Gasteiger partial charge in [-0.05, 0) is 62.1 Å². The maximum Gasteiger partial charge on any atom is 0.243 e. The lowest BCUT2D eigenvalue weighted by molar-refractivity contribution is -0.120. The molecule has 2 aliphatic rings. The summed E-state index contributed by atoms with van der Waals surface area (Å²) in [5, 5.41) is 2.68. The van der Waals surface area contributed by atoms with E-state index < -0.39 is 15.9 Å². The smallest absolute Gasteiger partial charge is 0.243 e. The Bertz CT molecular complexity index is 1160. The molecule has 2 aromatic rings. The summed E-state index contributed by atoms with van der Waals surface area (Å²) in [7, 11) is -1.02. The first-order valence-electron chi connectivity index (χ1n) is 10.6. The Morgan fingerprint density at radius 2 is 1.91 bits per heavy atom. The van der Waals surface area contributed by atoms with Gasteiger partial charge >= 0.3 is 0 Å². The number of amides is 2. The largest absolute Gasteiger partial charge is 0.495 e. The molecule has 2 amide bonds. The lowest BCUT2D eigenvalue weighted by Gasteiger charge is -2.23. The number of hydrogen-bond donors (Lipinski definition) is 1. The van der Waals surface area contributed by atoms with E-state index in [1.807, 2.05) is 6.92 Å². The summed E-state index contributed by atoms with van der Waals surface area (Å²) in [6.07, 6.45) is 2.45. The van der Waals surface area contributed by atoms with Crippen LogP contribution in [0.2, 0.25) is 0 Å². The van der Waals surface area contributed by atoms with E-state index >= 15 is 0 Å². The van der Waals surface area contributed by atoms with Crippen molar-refractivity contribution in [2.75, 3.05) is 30.9 Å². The third kappa shape index (κ3) is 4.22. The number of para-hydroxylation sites is 2. The molecule has 1 heterocycles. The van der Waals surface area contributed by atoms with Crippen LogP contribution in [-0.2, 0) is 26.0 Å². The highest BCUT2D eigenvalue weighted by Gasteiger charge is 2.40. The summed E-state index contributed by atoms with van der Waals surface area (Å²) in [4.78, 5) is 27.0. The van der Waals surface area contributed by atoms with Crippen LogP contribution < -0.4 is 15.0 Å². The number of sulfonamides is 1. The Morgan fingerprint density at radius 3 is 2.59 bits per heavy atom. The molecule has 0 spiro atoms. The average molecular weight is 458 g/mol. The van der Waals surface area contributed by atoms with Crippen molar-refractivity contribution >= 4 is 33.2 Å². The molecule has 1 N–H and O–H groups in total. The molecule has 0 radical (unpaired) electrons. The average Bonchev–Trinajstić information content (AvgIpc) is 3.55. The molecule has 9 heteroatoms. The maximum absolute atomic E-state index is 13.1. The predicted molar refractivity (Wildman–Crippen MR) is 121 cm³/mol. The summed E-state index contributed by atoms with van der Waals surface area (Å²) in [6.45, 7) is 1.63. The van der Waals surface area contributed by atoms with Crippen LogP contribution in [0.3, 0.4) is 0 Å². The van der Waals surface area contributed by atoms with Gasteiger partial charge in [0.15, 0.2) is 0 Å². The molecule has 1 fully saturated rings. The van der Waals surface area contributed by atoms with Gasteiger partial charge in [-0.15, -0.1) is 0 Å². The number of anilines is 2. The fourth-order valence-electron chi connectivity index (χ4n) is 4.04. The molecule has 1 atom stereocenters. The van der Waals surface area contributed by atoms with E-state index in [1.165, 1.54) is 20.2 Å². The van der Waals surface area contributed by atoms with Crippen LogP contribution in [0.15, 0.2) is 47.4 Å². The van der Waals surface area contributed by atoms with E-state index in [4.69, 9.17) is 4.74 Å². The lowest BCUT2D eigenvalue weighted by atomic mass is 10.1. The third-order valence-electron chi connectivity index (χ3n) is 5.89. The van der Waals surface area contributed by atoms with Crippen LogP contribution in [0, 0.1) is 5.92 Å².